The number of ether oxygens (including phenoxy) is 1. The molecule has 0 bridgehead atoms. The molecule has 0 aliphatic heterocycles. The molecule has 0 saturated heterocycles. The molecular formula is C18H16Cl2N2O4. The van der Waals surface area contributed by atoms with E-state index in [0.29, 0.717) is 21.2 Å². The maximum absolute atomic E-state index is 12.2. The lowest BCUT2D eigenvalue weighted by atomic mass is 10.2. The van der Waals surface area contributed by atoms with E-state index < -0.39 is 17.9 Å². The summed E-state index contributed by atoms with van der Waals surface area (Å²) in [7, 11) is 1.21. The minimum Gasteiger partial charge on any atom is -0.467 e. The van der Waals surface area contributed by atoms with Gasteiger partial charge in [0.15, 0.2) is 6.04 Å². The van der Waals surface area contributed by atoms with E-state index in [4.69, 9.17) is 28.0 Å². The average molecular weight is 395 g/mol. The van der Waals surface area contributed by atoms with Crippen LogP contribution in [0.25, 0.3) is 0 Å². The molecule has 6 nitrogen and oxygen atoms in total. The first-order valence-corrected chi connectivity index (χ1v) is 8.30. The molecule has 1 amide bonds. The van der Waals surface area contributed by atoms with Crippen LogP contribution in [-0.4, -0.2) is 31.2 Å². The zero-order valence-electron chi connectivity index (χ0n) is 13.8. The first-order chi connectivity index (χ1) is 12.5. The molecule has 0 heterocycles. The highest BCUT2D eigenvalue weighted by Crippen LogP contribution is 2.21. The highest BCUT2D eigenvalue weighted by atomic mass is 35.5. The van der Waals surface area contributed by atoms with Gasteiger partial charge in [-0.05, 0) is 24.3 Å². The molecule has 0 aromatic heterocycles. The van der Waals surface area contributed by atoms with Crippen LogP contribution < -0.4 is 5.32 Å². The second kappa shape index (κ2) is 9.79. The Balaban J connectivity index is 1.97. The molecule has 0 fully saturated rings. The minimum absolute atomic E-state index is 0.0764. The van der Waals surface area contributed by atoms with Crippen molar-refractivity contribution in [2.75, 3.05) is 7.11 Å². The summed E-state index contributed by atoms with van der Waals surface area (Å²) < 4.78 is 4.66. The van der Waals surface area contributed by atoms with Crippen LogP contribution in [0.4, 0.5) is 0 Å². The summed E-state index contributed by atoms with van der Waals surface area (Å²) in [6.45, 7) is 0.0764. The number of esters is 1. The second-order valence-corrected chi connectivity index (χ2v) is 5.95. The van der Waals surface area contributed by atoms with Gasteiger partial charge in [-0.15, -0.1) is 0 Å². The van der Waals surface area contributed by atoms with Crippen LogP contribution in [0.3, 0.4) is 0 Å². The van der Waals surface area contributed by atoms with Crippen LogP contribution >= 0.6 is 23.2 Å². The van der Waals surface area contributed by atoms with Crippen molar-refractivity contribution in [2.24, 2.45) is 5.16 Å². The van der Waals surface area contributed by atoms with Crippen LogP contribution in [0, 0.1) is 0 Å². The molecule has 1 atom stereocenters. The number of methoxy groups -OCH3 is 1. The zero-order valence-corrected chi connectivity index (χ0v) is 15.3. The van der Waals surface area contributed by atoms with Gasteiger partial charge in [-0.3, -0.25) is 4.79 Å². The summed E-state index contributed by atoms with van der Waals surface area (Å²) in [6, 6.07) is 12.3. The smallest absolute Gasteiger partial charge is 0.334 e. The van der Waals surface area contributed by atoms with E-state index in [-0.39, 0.29) is 6.61 Å². The molecule has 8 heteroatoms. The van der Waals surface area contributed by atoms with Crippen molar-refractivity contribution in [3.05, 3.63) is 69.7 Å². The summed E-state index contributed by atoms with van der Waals surface area (Å²) in [5, 5.41) is 7.18. The number of benzene rings is 2. The number of halogens is 2. The van der Waals surface area contributed by atoms with E-state index in [9.17, 15) is 9.59 Å². The Morgan fingerprint density at radius 2 is 1.92 bits per heavy atom. The Labute approximate surface area is 160 Å². The SMILES string of the molecule is COC(=O)C(C=NOCc1ccc(Cl)cc1Cl)NC(=O)c1ccccc1. The highest BCUT2D eigenvalue weighted by molar-refractivity contribution is 6.35. The first-order valence-electron chi connectivity index (χ1n) is 7.54. The predicted octanol–water partition coefficient (Wildman–Crippen LogP) is 3.47. The van der Waals surface area contributed by atoms with Gasteiger partial charge >= 0.3 is 5.97 Å². The molecule has 0 aliphatic rings. The van der Waals surface area contributed by atoms with Gasteiger partial charge in [0, 0.05) is 21.2 Å². The van der Waals surface area contributed by atoms with Gasteiger partial charge in [0.1, 0.15) is 6.61 Å². The third-order valence-corrected chi connectivity index (χ3v) is 3.88. The molecule has 0 radical (unpaired) electrons. The van der Waals surface area contributed by atoms with Gasteiger partial charge < -0.3 is 14.9 Å². The Kier molecular flexibility index (Phi) is 7.44. The summed E-state index contributed by atoms with van der Waals surface area (Å²) >= 11 is 11.9. The van der Waals surface area contributed by atoms with Gasteiger partial charge in [0.05, 0.1) is 13.3 Å². The summed E-state index contributed by atoms with van der Waals surface area (Å²) in [6.07, 6.45) is 1.15. The van der Waals surface area contributed by atoms with E-state index >= 15 is 0 Å². The number of hydrogen-bond acceptors (Lipinski definition) is 5. The molecule has 2 rings (SSSR count). The van der Waals surface area contributed by atoms with Gasteiger partial charge in [0.25, 0.3) is 5.91 Å². The molecule has 0 spiro atoms. The number of oxime groups is 1. The van der Waals surface area contributed by atoms with Crippen molar-refractivity contribution in [3.8, 4) is 0 Å². The number of carbonyl (C=O) groups excluding carboxylic acids is 2. The number of nitrogens with zero attached hydrogens (tertiary/aromatic N) is 1. The molecule has 0 saturated carbocycles. The Bertz CT molecular complexity index is 797. The molecule has 0 aliphatic carbocycles. The first kappa shape index (κ1) is 19.8. The van der Waals surface area contributed by atoms with Crippen LogP contribution in [0.1, 0.15) is 15.9 Å². The normalized spacial score (nSPS) is 11.8. The lowest BCUT2D eigenvalue weighted by Crippen LogP contribution is -2.42. The molecule has 1 N–H and O–H groups in total. The van der Waals surface area contributed by atoms with E-state index in [2.05, 4.69) is 15.2 Å². The Morgan fingerprint density at radius 1 is 1.19 bits per heavy atom. The predicted molar refractivity (Wildman–Crippen MR) is 99.5 cm³/mol. The van der Waals surface area contributed by atoms with Gasteiger partial charge in [-0.25, -0.2) is 4.79 Å². The van der Waals surface area contributed by atoms with Crippen LogP contribution in [0.2, 0.25) is 10.0 Å². The molecule has 136 valence electrons. The summed E-state index contributed by atoms with van der Waals surface area (Å²) in [5.41, 5.74) is 1.08. The lowest BCUT2D eigenvalue weighted by Gasteiger charge is -2.12. The second-order valence-electron chi connectivity index (χ2n) is 5.10. The highest BCUT2D eigenvalue weighted by Gasteiger charge is 2.20. The maximum atomic E-state index is 12.2. The van der Waals surface area contributed by atoms with Crippen molar-refractivity contribution in [3.63, 3.8) is 0 Å². The fraction of sp³-hybridized carbons (Fsp3) is 0.167. The van der Waals surface area contributed by atoms with Crippen LogP contribution in [0.15, 0.2) is 53.7 Å². The fourth-order valence-corrected chi connectivity index (χ4v) is 2.41. The van der Waals surface area contributed by atoms with Crippen molar-refractivity contribution >= 4 is 41.3 Å². The minimum atomic E-state index is -1.09. The summed E-state index contributed by atoms with van der Waals surface area (Å²) in [5.74, 6) is -1.11. The van der Waals surface area contributed by atoms with Crippen molar-refractivity contribution in [1.29, 1.82) is 0 Å². The molecule has 26 heavy (non-hydrogen) atoms. The van der Waals surface area contributed by atoms with Crippen LogP contribution in [0.5, 0.6) is 0 Å². The number of hydrogen-bond donors (Lipinski definition) is 1. The van der Waals surface area contributed by atoms with E-state index in [1.165, 1.54) is 7.11 Å². The Morgan fingerprint density at radius 3 is 2.58 bits per heavy atom. The number of nitrogens with one attached hydrogen (secondary N) is 1. The Hall–Kier alpha value is -2.57. The molecule has 2 aromatic rings. The van der Waals surface area contributed by atoms with Crippen molar-refractivity contribution in [1.82, 2.24) is 5.32 Å². The number of carbonyl (C=O) groups is 2. The third kappa shape index (κ3) is 5.75. The van der Waals surface area contributed by atoms with E-state index in [1.54, 1.807) is 48.5 Å². The van der Waals surface area contributed by atoms with Crippen molar-refractivity contribution < 1.29 is 19.2 Å². The van der Waals surface area contributed by atoms with Gasteiger partial charge in [0.2, 0.25) is 0 Å². The monoisotopic (exact) mass is 394 g/mol. The quantitative estimate of drug-likeness (QED) is 0.443. The molecule has 1 unspecified atom stereocenters. The lowest BCUT2D eigenvalue weighted by molar-refractivity contribution is -0.140. The molecular weight excluding hydrogens is 379 g/mol. The fourth-order valence-electron chi connectivity index (χ4n) is 1.95. The van der Waals surface area contributed by atoms with Crippen LogP contribution in [-0.2, 0) is 21.0 Å². The van der Waals surface area contributed by atoms with E-state index in [0.717, 1.165) is 6.21 Å². The van der Waals surface area contributed by atoms with E-state index in [1.807, 2.05) is 0 Å². The van der Waals surface area contributed by atoms with Gasteiger partial charge in [-0.1, -0.05) is 52.6 Å². The number of amides is 1. The molecule has 2 aromatic carbocycles. The topological polar surface area (TPSA) is 77.0 Å². The average Bonchev–Trinajstić information content (AvgIpc) is 2.65. The van der Waals surface area contributed by atoms with Crippen molar-refractivity contribution in [2.45, 2.75) is 12.6 Å². The van der Waals surface area contributed by atoms with Gasteiger partial charge in [-0.2, -0.15) is 0 Å². The number of rotatable bonds is 7. The standard InChI is InChI=1S/C18H16Cl2N2O4/c1-25-18(24)16(22-17(23)12-5-3-2-4-6-12)10-21-26-11-13-7-8-14(19)9-15(13)20/h2-10,16H,11H2,1H3,(H,22,23). The zero-order chi connectivity index (χ0) is 18.9. The largest absolute Gasteiger partial charge is 0.467 e. The maximum Gasteiger partial charge on any atom is 0.334 e. The third-order valence-electron chi connectivity index (χ3n) is 3.30. The summed E-state index contributed by atoms with van der Waals surface area (Å²) in [4.78, 5) is 29.1.